The summed E-state index contributed by atoms with van der Waals surface area (Å²) in [6.07, 6.45) is 0. The Bertz CT molecular complexity index is 76.9. The number of carbonyl (C=O) groups is 1. The van der Waals surface area contributed by atoms with Crippen LogP contribution >= 0.6 is 0 Å². The van der Waals surface area contributed by atoms with Crippen molar-refractivity contribution in [1.82, 2.24) is 0 Å². The van der Waals surface area contributed by atoms with Crippen molar-refractivity contribution in [2.75, 3.05) is 6.61 Å². The molecule has 44 valence electrons. The van der Waals surface area contributed by atoms with Gasteiger partial charge in [-0.1, -0.05) is 0 Å². The van der Waals surface area contributed by atoms with Gasteiger partial charge in [0.15, 0.2) is 0 Å². The number of nitrogens with two attached hydrogens (primary N) is 1. The van der Waals surface area contributed by atoms with Gasteiger partial charge < -0.3 is 15.9 Å². The summed E-state index contributed by atoms with van der Waals surface area (Å²) >= 11 is 0. The summed E-state index contributed by atoms with van der Waals surface area (Å²) in [5, 5.41) is 15.9. The fraction of sp³-hybridized carbons (Fsp3) is 0.667. The van der Waals surface area contributed by atoms with Crippen molar-refractivity contribution in [3.8, 4) is 0 Å². The van der Waals surface area contributed by atoms with E-state index in [4.69, 9.17) is 15.9 Å². The van der Waals surface area contributed by atoms with Gasteiger partial charge in [0.25, 0.3) is 0 Å². The molecule has 0 aliphatic rings. The molecule has 0 aliphatic heterocycles. The molecule has 0 rings (SSSR count). The van der Waals surface area contributed by atoms with E-state index >= 15 is 0 Å². The molecule has 0 fully saturated rings. The number of carboxylic acids is 1. The number of aliphatic carboxylic acids is 1. The van der Waals surface area contributed by atoms with Crippen molar-refractivity contribution in [1.29, 1.82) is 0 Å². The first-order valence-electron chi connectivity index (χ1n) is 1.77. The summed E-state index contributed by atoms with van der Waals surface area (Å²) in [7, 11) is 0. The molecule has 8 heavy (non-hydrogen) atoms. The van der Waals surface area contributed by atoms with E-state index in [2.05, 4.69) is 0 Å². The zero-order valence-electron chi connectivity index (χ0n) is 3.66. The third-order valence-corrected chi connectivity index (χ3v) is 0.514. The van der Waals surface area contributed by atoms with E-state index in [0.717, 1.165) is 0 Å². The summed E-state index contributed by atoms with van der Waals surface area (Å²) in [6, 6.07) is -1.13. The predicted octanol–water partition coefficient (Wildman–Crippen LogP) is -2.26. The molecule has 0 aromatic carbocycles. The van der Waals surface area contributed by atoms with Gasteiger partial charge in [-0.25, -0.2) is 0 Å². The van der Waals surface area contributed by atoms with Crippen LogP contribution in [0.5, 0.6) is 0 Å². The molecule has 5 heteroatoms. The van der Waals surface area contributed by atoms with E-state index in [1.54, 1.807) is 0 Å². The van der Waals surface area contributed by atoms with Crippen LogP contribution in [0, 0.1) is 0 Å². The molecule has 1 unspecified atom stereocenters. The molecule has 0 saturated heterocycles. The third kappa shape index (κ3) is 5.17. The number of carboxylic acid groups (broad SMARTS) is 1. The van der Waals surface area contributed by atoms with Crippen molar-refractivity contribution in [2.24, 2.45) is 5.73 Å². The monoisotopic (exact) mass is 145 g/mol. The Labute approximate surface area is 89.5 Å². The van der Waals surface area contributed by atoms with Crippen molar-refractivity contribution < 1.29 is 15.0 Å². The average molecular weight is 145 g/mol. The van der Waals surface area contributed by atoms with Gasteiger partial charge in [0, 0.05) is 0 Å². The van der Waals surface area contributed by atoms with Gasteiger partial charge >= 0.3 is 57.4 Å². The van der Waals surface area contributed by atoms with Gasteiger partial charge in [-0.3, -0.25) is 4.79 Å². The van der Waals surface area contributed by atoms with Gasteiger partial charge in [-0.05, 0) is 0 Å². The summed E-state index contributed by atoms with van der Waals surface area (Å²) in [5.74, 6) is -1.18. The van der Waals surface area contributed by atoms with E-state index in [-0.39, 0.29) is 51.4 Å². The molecule has 0 spiro atoms. The molecule has 1 atom stereocenters. The maximum absolute atomic E-state index is 9.65. The average Bonchev–Trinajstić information content (AvgIpc) is 1.65. The molecule has 4 N–H and O–H groups in total. The summed E-state index contributed by atoms with van der Waals surface area (Å²) in [5.41, 5.74) is 4.77. The number of hydrogen-bond donors (Lipinski definition) is 3. The number of aliphatic hydroxyl groups is 1. The Kier molecular flexibility index (Phi) is 9.06. The molecule has 0 saturated carbocycles. The fourth-order valence-electron chi connectivity index (χ4n) is 0.0781. The normalized spacial score (nSPS) is 11.8. The molecule has 0 aliphatic carbocycles. The van der Waals surface area contributed by atoms with E-state index in [0.29, 0.717) is 0 Å². The summed E-state index contributed by atoms with van der Waals surface area (Å²) in [6.45, 7) is -0.505. The maximum atomic E-state index is 9.65. The van der Waals surface area contributed by atoms with Crippen molar-refractivity contribution in [3.05, 3.63) is 0 Å². The molecule has 4 nitrogen and oxygen atoms in total. The quantitative estimate of drug-likeness (QED) is 0.383. The van der Waals surface area contributed by atoms with Gasteiger partial charge in [-0.2, -0.15) is 0 Å². The van der Waals surface area contributed by atoms with Crippen LogP contribution in [0.25, 0.3) is 0 Å². The van der Waals surface area contributed by atoms with Crippen LogP contribution in [0.2, 0.25) is 0 Å². The Morgan fingerprint density at radius 3 is 2.12 bits per heavy atom. The second kappa shape index (κ2) is 6.15. The minimum atomic E-state index is -1.18. The van der Waals surface area contributed by atoms with Gasteiger partial charge in [0.05, 0.1) is 6.61 Å². The van der Waals surface area contributed by atoms with E-state index in [9.17, 15) is 4.79 Å². The molecule has 0 radical (unpaired) electrons. The second-order valence-corrected chi connectivity index (χ2v) is 1.13. The Balaban J connectivity index is 0. The molecule has 0 aromatic heterocycles. The van der Waals surface area contributed by atoms with Crippen molar-refractivity contribution in [2.45, 2.75) is 6.04 Å². The van der Waals surface area contributed by atoms with E-state index in [1.165, 1.54) is 0 Å². The van der Waals surface area contributed by atoms with Gasteiger partial charge in [0.1, 0.15) is 6.04 Å². The second-order valence-electron chi connectivity index (χ2n) is 1.13. The third-order valence-electron chi connectivity index (χ3n) is 0.514. The molecular weight excluding hydrogens is 137 g/mol. The molecule has 0 amide bonds. The fourth-order valence-corrected chi connectivity index (χ4v) is 0.0781. The summed E-state index contributed by atoms with van der Waals surface area (Å²) in [4.78, 5) is 9.65. The molecule has 0 aromatic rings. The number of aliphatic hydroxyl groups excluding tert-OH is 1. The molecule has 0 bridgehead atoms. The first-order chi connectivity index (χ1) is 3.18. The van der Waals surface area contributed by atoms with E-state index in [1.807, 2.05) is 0 Å². The van der Waals surface area contributed by atoms with Gasteiger partial charge in [0.2, 0.25) is 0 Å². The van der Waals surface area contributed by atoms with Crippen LogP contribution < -0.4 is 5.73 Å². The first kappa shape index (κ1) is 11.8. The minimum absolute atomic E-state index is 0. The van der Waals surface area contributed by atoms with Crippen LogP contribution in [0.3, 0.4) is 0 Å². The Morgan fingerprint density at radius 2 is 2.12 bits per heavy atom. The van der Waals surface area contributed by atoms with Crippen LogP contribution in [-0.4, -0.2) is 80.2 Å². The first-order valence-corrected chi connectivity index (χ1v) is 1.77. The topological polar surface area (TPSA) is 83.5 Å². The number of hydrogen-bond acceptors (Lipinski definition) is 3. The SMILES string of the molecule is NC(CO)C(=O)O.[KH]. The molecule has 0 heterocycles. The van der Waals surface area contributed by atoms with Crippen LogP contribution in [0.15, 0.2) is 0 Å². The standard InChI is InChI=1S/C3H7NO3.K.H/c4-2(1-5)3(6)7;;/h2,5H,1,4H2,(H,6,7);;. The van der Waals surface area contributed by atoms with E-state index < -0.39 is 18.6 Å². The van der Waals surface area contributed by atoms with Crippen LogP contribution in [0.4, 0.5) is 0 Å². The van der Waals surface area contributed by atoms with Crippen LogP contribution in [0.1, 0.15) is 0 Å². The van der Waals surface area contributed by atoms with Crippen molar-refractivity contribution in [3.63, 3.8) is 0 Å². The zero-order chi connectivity index (χ0) is 5.86. The number of rotatable bonds is 2. The Morgan fingerprint density at radius 1 is 1.75 bits per heavy atom. The zero-order valence-corrected chi connectivity index (χ0v) is 3.66. The Hall–Kier alpha value is 1.03. The van der Waals surface area contributed by atoms with Crippen molar-refractivity contribution >= 4 is 57.4 Å². The van der Waals surface area contributed by atoms with Gasteiger partial charge in [-0.15, -0.1) is 0 Å². The predicted molar refractivity (Wildman–Crippen MR) is 29.8 cm³/mol. The molecular formula is C3H8KNO3. The van der Waals surface area contributed by atoms with Crippen LogP contribution in [-0.2, 0) is 4.79 Å². The summed E-state index contributed by atoms with van der Waals surface area (Å²) < 4.78 is 0.